The molecule has 0 spiro atoms. The van der Waals surface area contributed by atoms with Gasteiger partial charge in [0.25, 0.3) is 0 Å². The first-order chi connectivity index (χ1) is 12.2. The Labute approximate surface area is 147 Å². The number of ether oxygens (including phenoxy) is 1. The molecule has 1 aliphatic heterocycles. The molecule has 3 aromatic rings. The maximum absolute atomic E-state index is 5.48. The third-order valence-electron chi connectivity index (χ3n) is 4.61. The van der Waals surface area contributed by atoms with Crippen molar-refractivity contribution in [1.82, 2.24) is 10.1 Å². The topological polar surface area (TPSA) is 51.4 Å². The van der Waals surface area contributed by atoms with Crippen molar-refractivity contribution in [2.75, 3.05) is 18.6 Å². The summed E-state index contributed by atoms with van der Waals surface area (Å²) in [6.45, 7) is 3.67. The first kappa shape index (κ1) is 15.7. The number of rotatable bonds is 4. The van der Waals surface area contributed by atoms with Gasteiger partial charge < -0.3 is 14.2 Å². The van der Waals surface area contributed by atoms with E-state index in [9.17, 15) is 0 Å². The van der Waals surface area contributed by atoms with Crippen molar-refractivity contribution in [2.24, 2.45) is 0 Å². The number of fused-ring (bicyclic) bond motifs is 1. The molecule has 0 amide bonds. The van der Waals surface area contributed by atoms with Crippen molar-refractivity contribution < 1.29 is 9.26 Å². The zero-order valence-electron chi connectivity index (χ0n) is 14.5. The average Bonchev–Trinajstić information content (AvgIpc) is 3.10. The Hall–Kier alpha value is -2.82. The van der Waals surface area contributed by atoms with Gasteiger partial charge in [-0.3, -0.25) is 0 Å². The van der Waals surface area contributed by atoms with Crippen LogP contribution in [-0.4, -0.2) is 23.8 Å². The monoisotopic (exact) mass is 335 g/mol. The van der Waals surface area contributed by atoms with Crippen LogP contribution in [0.25, 0.3) is 11.4 Å². The van der Waals surface area contributed by atoms with Crippen molar-refractivity contribution in [3.05, 3.63) is 59.5 Å². The number of nitrogens with zero attached hydrogens (tertiary/aromatic N) is 3. The summed E-state index contributed by atoms with van der Waals surface area (Å²) in [7, 11) is 1.70. The van der Waals surface area contributed by atoms with Crippen molar-refractivity contribution in [2.45, 2.75) is 26.3 Å². The van der Waals surface area contributed by atoms with Crippen LogP contribution in [0.4, 0.5) is 5.69 Å². The normalized spacial score (nSPS) is 13.6. The van der Waals surface area contributed by atoms with Crippen LogP contribution < -0.4 is 9.64 Å². The van der Waals surface area contributed by atoms with Crippen LogP contribution >= 0.6 is 0 Å². The third kappa shape index (κ3) is 3.22. The maximum Gasteiger partial charge on any atom is 0.246 e. The molecule has 0 aliphatic carbocycles. The van der Waals surface area contributed by atoms with Gasteiger partial charge in [-0.15, -0.1) is 0 Å². The predicted molar refractivity (Wildman–Crippen MR) is 96.8 cm³/mol. The molecule has 2 heterocycles. The first-order valence-electron chi connectivity index (χ1n) is 8.54. The second-order valence-electron chi connectivity index (χ2n) is 6.40. The van der Waals surface area contributed by atoms with Gasteiger partial charge in [-0.25, -0.2) is 0 Å². The molecule has 2 aromatic carbocycles. The van der Waals surface area contributed by atoms with E-state index in [1.807, 2.05) is 18.2 Å². The predicted octanol–water partition coefficient (Wildman–Crippen LogP) is 4.01. The lowest BCUT2D eigenvalue weighted by atomic mass is 10.0. The summed E-state index contributed by atoms with van der Waals surface area (Å²) in [5.74, 6) is 2.18. The molecule has 0 saturated heterocycles. The van der Waals surface area contributed by atoms with Crippen molar-refractivity contribution in [3.8, 4) is 17.1 Å². The highest BCUT2D eigenvalue weighted by Gasteiger charge is 2.20. The van der Waals surface area contributed by atoms with Gasteiger partial charge in [0.15, 0.2) is 0 Å². The third-order valence-corrected chi connectivity index (χ3v) is 4.61. The Morgan fingerprint density at radius 2 is 2.00 bits per heavy atom. The summed E-state index contributed by atoms with van der Waals surface area (Å²) in [6, 6.07) is 14.4. The summed E-state index contributed by atoms with van der Waals surface area (Å²) < 4.78 is 10.8. The van der Waals surface area contributed by atoms with Crippen molar-refractivity contribution >= 4 is 5.69 Å². The summed E-state index contributed by atoms with van der Waals surface area (Å²) in [5, 5.41) is 4.13. The molecule has 0 fully saturated rings. The van der Waals surface area contributed by atoms with Gasteiger partial charge >= 0.3 is 0 Å². The van der Waals surface area contributed by atoms with Gasteiger partial charge in [-0.1, -0.05) is 35.0 Å². The van der Waals surface area contributed by atoms with E-state index in [-0.39, 0.29) is 0 Å². The average molecular weight is 335 g/mol. The smallest absolute Gasteiger partial charge is 0.246 e. The molecule has 1 aliphatic rings. The van der Waals surface area contributed by atoms with Crippen LogP contribution in [0.2, 0.25) is 0 Å². The van der Waals surface area contributed by atoms with Crippen LogP contribution in [-0.2, 0) is 13.0 Å². The van der Waals surface area contributed by atoms with Gasteiger partial charge in [-0.05, 0) is 43.5 Å². The molecule has 1 aromatic heterocycles. The summed E-state index contributed by atoms with van der Waals surface area (Å²) in [6.07, 6.45) is 2.18. The highest BCUT2D eigenvalue weighted by molar-refractivity contribution is 5.58. The van der Waals surface area contributed by atoms with E-state index in [1.54, 1.807) is 7.11 Å². The van der Waals surface area contributed by atoms with Crippen LogP contribution in [0.5, 0.6) is 5.75 Å². The summed E-state index contributed by atoms with van der Waals surface area (Å²) in [5.41, 5.74) is 4.73. The summed E-state index contributed by atoms with van der Waals surface area (Å²) >= 11 is 0. The molecule has 4 rings (SSSR count). The highest BCUT2D eigenvalue weighted by atomic mass is 16.5. The van der Waals surface area contributed by atoms with Crippen molar-refractivity contribution in [3.63, 3.8) is 0 Å². The number of methoxy groups -OCH3 is 1. The molecular weight excluding hydrogens is 314 g/mol. The number of anilines is 1. The Morgan fingerprint density at radius 3 is 2.80 bits per heavy atom. The number of aryl methyl sites for hydroxylation is 2. The van der Waals surface area contributed by atoms with E-state index in [0.717, 1.165) is 30.7 Å². The van der Waals surface area contributed by atoms with E-state index >= 15 is 0 Å². The number of hydrogen-bond acceptors (Lipinski definition) is 5. The summed E-state index contributed by atoms with van der Waals surface area (Å²) in [4.78, 5) is 6.86. The zero-order chi connectivity index (χ0) is 17.2. The van der Waals surface area contributed by atoms with Crippen LogP contribution in [0.1, 0.15) is 23.4 Å². The number of benzene rings is 2. The second-order valence-corrected chi connectivity index (χ2v) is 6.40. The largest absolute Gasteiger partial charge is 0.497 e. The molecule has 0 N–H and O–H groups in total. The second kappa shape index (κ2) is 6.59. The molecule has 0 atom stereocenters. The zero-order valence-corrected chi connectivity index (χ0v) is 14.5. The fourth-order valence-corrected chi connectivity index (χ4v) is 3.24. The Morgan fingerprint density at radius 1 is 1.16 bits per heavy atom. The minimum Gasteiger partial charge on any atom is -0.497 e. The SMILES string of the molecule is COc1ccc2c(c1)CCCN2Cc1nc(-c2ccc(C)cc2)no1. The number of hydrogen-bond donors (Lipinski definition) is 0. The standard InChI is InChI=1S/C20H21N3O2/c1-14-5-7-15(8-6-14)20-21-19(25-22-20)13-23-11-3-4-16-12-17(24-2)9-10-18(16)23/h5-10,12H,3-4,11,13H2,1-2H3. The highest BCUT2D eigenvalue weighted by Crippen LogP contribution is 2.31. The maximum atomic E-state index is 5.48. The minimum atomic E-state index is 0.623. The molecule has 0 unspecified atom stereocenters. The first-order valence-corrected chi connectivity index (χ1v) is 8.54. The Kier molecular flexibility index (Phi) is 4.14. The van der Waals surface area contributed by atoms with Gasteiger partial charge in [-0.2, -0.15) is 4.98 Å². The Balaban J connectivity index is 1.55. The molecule has 5 heteroatoms. The fourth-order valence-electron chi connectivity index (χ4n) is 3.24. The van der Waals surface area contributed by atoms with Gasteiger partial charge in [0.1, 0.15) is 5.75 Å². The van der Waals surface area contributed by atoms with Crippen LogP contribution in [0.15, 0.2) is 47.0 Å². The molecule has 25 heavy (non-hydrogen) atoms. The van der Waals surface area contributed by atoms with Crippen LogP contribution in [0.3, 0.4) is 0 Å². The van der Waals surface area contributed by atoms with Gasteiger partial charge in [0.05, 0.1) is 13.7 Å². The lowest BCUT2D eigenvalue weighted by Crippen LogP contribution is -2.28. The van der Waals surface area contributed by atoms with Gasteiger partial charge in [0.2, 0.25) is 11.7 Å². The van der Waals surface area contributed by atoms with E-state index in [0.29, 0.717) is 18.3 Å². The Bertz CT molecular complexity index is 871. The lowest BCUT2D eigenvalue weighted by molar-refractivity contribution is 0.375. The molecular formula is C20H21N3O2. The molecule has 128 valence electrons. The quantitative estimate of drug-likeness (QED) is 0.721. The fraction of sp³-hybridized carbons (Fsp3) is 0.300. The minimum absolute atomic E-state index is 0.623. The van der Waals surface area contributed by atoms with E-state index in [2.05, 4.69) is 46.2 Å². The molecule has 0 radical (unpaired) electrons. The van der Waals surface area contributed by atoms with E-state index in [1.165, 1.54) is 16.8 Å². The molecule has 5 nitrogen and oxygen atoms in total. The number of aromatic nitrogens is 2. The van der Waals surface area contributed by atoms with E-state index in [4.69, 9.17) is 9.26 Å². The van der Waals surface area contributed by atoms with Crippen molar-refractivity contribution in [1.29, 1.82) is 0 Å². The molecule has 0 bridgehead atoms. The molecule has 0 saturated carbocycles. The lowest BCUT2D eigenvalue weighted by Gasteiger charge is -2.30. The van der Waals surface area contributed by atoms with Gasteiger partial charge in [0, 0.05) is 17.8 Å². The van der Waals surface area contributed by atoms with E-state index < -0.39 is 0 Å². The van der Waals surface area contributed by atoms with Crippen LogP contribution in [0, 0.1) is 6.92 Å².